The molecule has 1 N–H and O–H groups in total. The molecule has 0 saturated heterocycles. The molecule has 2 aliphatic carbocycles. The number of aryl methyl sites for hydroxylation is 1. The predicted octanol–water partition coefficient (Wildman–Crippen LogP) is 3.78. The number of esters is 1. The second kappa shape index (κ2) is 6.26. The number of hydrogen-bond donors (Lipinski definition) is 1. The fraction of sp³-hybridized carbons (Fsp3) is 0.684. The summed E-state index contributed by atoms with van der Waals surface area (Å²) in [7, 11) is 0. The third kappa shape index (κ3) is 2.72. The van der Waals surface area contributed by atoms with Gasteiger partial charge >= 0.3 is 5.97 Å². The molecule has 1 aromatic rings. The average molecular weight is 349 g/mol. The van der Waals surface area contributed by atoms with Crippen LogP contribution in [0.5, 0.6) is 0 Å². The molecule has 0 aliphatic heterocycles. The molecule has 0 unspecified atom stereocenters. The first-order valence-electron chi connectivity index (χ1n) is 8.83. The Kier molecular flexibility index (Phi) is 4.60. The third-order valence-corrected chi connectivity index (χ3v) is 6.95. The van der Waals surface area contributed by atoms with Crippen LogP contribution in [0.3, 0.4) is 0 Å². The zero-order chi connectivity index (χ0) is 17.5. The Morgan fingerprint density at radius 1 is 1.54 bits per heavy atom. The summed E-state index contributed by atoms with van der Waals surface area (Å²) in [5.41, 5.74) is 0.710. The van der Waals surface area contributed by atoms with E-state index in [-0.39, 0.29) is 18.0 Å². The van der Waals surface area contributed by atoms with Crippen molar-refractivity contribution >= 4 is 17.3 Å². The molecule has 3 rings (SSSR count). The van der Waals surface area contributed by atoms with Gasteiger partial charge in [-0.15, -0.1) is 11.3 Å². The van der Waals surface area contributed by atoms with Crippen LogP contribution in [0.15, 0.2) is 17.0 Å². The number of aliphatic hydroxyl groups is 1. The van der Waals surface area contributed by atoms with Gasteiger partial charge in [0.2, 0.25) is 0 Å². The molecule has 132 valence electrons. The Morgan fingerprint density at radius 2 is 2.29 bits per heavy atom. The van der Waals surface area contributed by atoms with Crippen molar-refractivity contribution in [1.29, 1.82) is 0 Å². The lowest BCUT2D eigenvalue weighted by molar-refractivity contribution is -0.157. The molecule has 0 radical (unpaired) electrons. The highest BCUT2D eigenvalue weighted by Crippen LogP contribution is 2.54. The minimum absolute atomic E-state index is 0.0924. The van der Waals surface area contributed by atoms with Crippen molar-refractivity contribution in [3.05, 3.63) is 27.7 Å². The fourth-order valence-corrected chi connectivity index (χ4v) is 5.30. The largest absolute Gasteiger partial charge is 0.458 e. The fourth-order valence-electron chi connectivity index (χ4n) is 4.42. The van der Waals surface area contributed by atoms with E-state index in [9.17, 15) is 9.90 Å². The number of rotatable bonds is 3. The van der Waals surface area contributed by atoms with E-state index in [1.54, 1.807) is 11.3 Å². The summed E-state index contributed by atoms with van der Waals surface area (Å²) in [6.45, 7) is 7.66. The third-order valence-electron chi connectivity index (χ3n) is 5.96. The van der Waals surface area contributed by atoms with Crippen molar-refractivity contribution in [3.8, 4) is 0 Å². The maximum Gasteiger partial charge on any atom is 0.303 e. The first kappa shape index (κ1) is 17.6. The van der Waals surface area contributed by atoms with E-state index in [0.29, 0.717) is 6.42 Å². The summed E-state index contributed by atoms with van der Waals surface area (Å²) in [5, 5.41) is 15.0. The van der Waals surface area contributed by atoms with Gasteiger partial charge in [0, 0.05) is 30.1 Å². The van der Waals surface area contributed by atoms with Crippen molar-refractivity contribution in [2.24, 2.45) is 5.92 Å². The van der Waals surface area contributed by atoms with Crippen LogP contribution in [-0.4, -0.2) is 27.8 Å². The molecule has 4 nitrogen and oxygen atoms in total. The maximum atomic E-state index is 11.8. The first-order valence-corrected chi connectivity index (χ1v) is 9.71. The summed E-state index contributed by atoms with van der Waals surface area (Å²) in [5.74, 6) is -0.205. The van der Waals surface area contributed by atoms with Gasteiger partial charge in [0.1, 0.15) is 6.10 Å². The van der Waals surface area contributed by atoms with E-state index in [4.69, 9.17) is 9.72 Å². The van der Waals surface area contributed by atoms with Crippen LogP contribution in [0.25, 0.3) is 0 Å². The molecule has 1 heterocycles. The molecule has 24 heavy (non-hydrogen) atoms. The van der Waals surface area contributed by atoms with Crippen LogP contribution in [0, 0.1) is 5.92 Å². The lowest BCUT2D eigenvalue weighted by Crippen LogP contribution is -2.60. The Hall–Kier alpha value is -1.20. The van der Waals surface area contributed by atoms with Crippen molar-refractivity contribution in [1.82, 2.24) is 4.98 Å². The van der Waals surface area contributed by atoms with Gasteiger partial charge in [-0.05, 0) is 31.8 Å². The summed E-state index contributed by atoms with van der Waals surface area (Å²) in [6, 6.07) is 0. The molecule has 0 spiro atoms. The molecule has 2 aliphatic rings. The van der Waals surface area contributed by atoms with E-state index in [0.717, 1.165) is 42.0 Å². The zero-order valence-electron chi connectivity index (χ0n) is 15.0. The molecular weight excluding hydrogens is 322 g/mol. The summed E-state index contributed by atoms with van der Waals surface area (Å²) >= 11 is 1.67. The molecule has 1 fully saturated rings. The Balaban J connectivity index is 2.01. The first-order chi connectivity index (χ1) is 11.3. The number of nitrogens with zero attached hydrogens (tertiary/aromatic N) is 1. The minimum Gasteiger partial charge on any atom is -0.458 e. The SMILES string of the molecule is CCc1nc([C@@]2(C)CCC[C@H]3C=C(C)[C@H](OC(C)=O)C[C@@]32O)cs1. The second-order valence-corrected chi connectivity index (χ2v) is 8.39. The van der Waals surface area contributed by atoms with Crippen molar-refractivity contribution in [3.63, 3.8) is 0 Å². The van der Waals surface area contributed by atoms with Crippen LogP contribution in [-0.2, 0) is 21.4 Å². The Morgan fingerprint density at radius 3 is 2.92 bits per heavy atom. The van der Waals surface area contributed by atoms with Gasteiger partial charge in [0.15, 0.2) is 0 Å². The van der Waals surface area contributed by atoms with E-state index in [1.165, 1.54) is 6.92 Å². The standard InChI is InChI=1S/C19H27NO3S/c1-5-17-20-16(11-24-17)18(4)8-6-7-14-9-12(2)15(23-13(3)21)10-19(14,18)22/h9,11,14-15,22H,5-8,10H2,1-4H3/t14-,15+,18+,19+/m0/s1. The van der Waals surface area contributed by atoms with Crippen LogP contribution in [0.2, 0.25) is 0 Å². The number of ether oxygens (including phenoxy) is 1. The van der Waals surface area contributed by atoms with Crippen LogP contribution in [0.1, 0.15) is 64.1 Å². The number of carbonyl (C=O) groups excluding carboxylic acids is 1. The van der Waals surface area contributed by atoms with E-state index in [2.05, 4.69) is 25.3 Å². The Labute approximate surface area is 147 Å². The molecule has 0 amide bonds. The van der Waals surface area contributed by atoms with Crippen LogP contribution < -0.4 is 0 Å². The van der Waals surface area contributed by atoms with Gasteiger partial charge in [0.25, 0.3) is 0 Å². The zero-order valence-corrected chi connectivity index (χ0v) is 15.8. The monoisotopic (exact) mass is 349 g/mol. The average Bonchev–Trinajstić information content (AvgIpc) is 3.00. The maximum absolute atomic E-state index is 11.8. The summed E-state index contributed by atoms with van der Waals surface area (Å²) in [4.78, 5) is 16.2. The topological polar surface area (TPSA) is 59.4 Å². The summed E-state index contributed by atoms with van der Waals surface area (Å²) < 4.78 is 5.49. The molecule has 1 saturated carbocycles. The highest BCUT2D eigenvalue weighted by molar-refractivity contribution is 7.09. The molecule has 1 aromatic heterocycles. The molecular formula is C19H27NO3S. The van der Waals surface area contributed by atoms with Crippen LogP contribution >= 0.6 is 11.3 Å². The molecule has 0 aromatic carbocycles. The Bertz CT molecular complexity index is 667. The molecule has 5 heteroatoms. The number of aromatic nitrogens is 1. The quantitative estimate of drug-likeness (QED) is 0.666. The number of thiazole rings is 1. The predicted molar refractivity (Wildman–Crippen MR) is 95.1 cm³/mol. The highest BCUT2D eigenvalue weighted by atomic mass is 32.1. The molecule has 0 bridgehead atoms. The number of fused-ring (bicyclic) bond motifs is 1. The lowest BCUT2D eigenvalue weighted by Gasteiger charge is -2.54. The molecule has 4 atom stereocenters. The van der Waals surface area contributed by atoms with Gasteiger partial charge < -0.3 is 9.84 Å². The van der Waals surface area contributed by atoms with E-state index in [1.807, 2.05) is 6.92 Å². The lowest BCUT2D eigenvalue weighted by atomic mass is 9.54. The van der Waals surface area contributed by atoms with Gasteiger partial charge in [-0.25, -0.2) is 4.98 Å². The van der Waals surface area contributed by atoms with Gasteiger partial charge in [-0.1, -0.05) is 26.3 Å². The summed E-state index contributed by atoms with van der Waals surface area (Å²) in [6.07, 6.45) is 6.11. The van der Waals surface area contributed by atoms with Gasteiger partial charge in [-0.3, -0.25) is 4.79 Å². The van der Waals surface area contributed by atoms with Crippen molar-refractivity contribution in [2.45, 2.75) is 76.9 Å². The van der Waals surface area contributed by atoms with E-state index >= 15 is 0 Å². The second-order valence-electron chi connectivity index (χ2n) is 7.45. The smallest absolute Gasteiger partial charge is 0.303 e. The number of carbonyl (C=O) groups is 1. The van der Waals surface area contributed by atoms with Crippen LogP contribution in [0.4, 0.5) is 0 Å². The van der Waals surface area contributed by atoms with Gasteiger partial charge in [0.05, 0.1) is 16.3 Å². The van der Waals surface area contributed by atoms with Gasteiger partial charge in [-0.2, -0.15) is 0 Å². The highest BCUT2D eigenvalue weighted by Gasteiger charge is 2.58. The normalized spacial score (nSPS) is 36.0. The van der Waals surface area contributed by atoms with Crippen molar-refractivity contribution in [2.75, 3.05) is 0 Å². The van der Waals surface area contributed by atoms with E-state index < -0.39 is 11.0 Å². The number of hydrogen-bond acceptors (Lipinski definition) is 5. The minimum atomic E-state index is -0.927. The van der Waals surface area contributed by atoms with Crippen molar-refractivity contribution < 1.29 is 14.6 Å².